The minimum Gasteiger partial charge on any atom is -0.192 e. The van der Waals surface area contributed by atoms with E-state index in [0.717, 1.165) is 8.58 Å². The summed E-state index contributed by atoms with van der Waals surface area (Å²) in [6.07, 6.45) is 0. The van der Waals surface area contributed by atoms with Gasteiger partial charge in [-0.25, -0.2) is 0 Å². The van der Waals surface area contributed by atoms with Gasteiger partial charge in [0.15, 0.2) is 0 Å². The number of hydrogen-bond acceptors (Lipinski definition) is 1. The van der Waals surface area contributed by atoms with Crippen molar-refractivity contribution in [3.63, 3.8) is 0 Å². The molecule has 2 heteroatoms. The second kappa shape index (κ2) is 8.69. The molecular weight excluding hydrogens is 273 g/mol. The van der Waals surface area contributed by atoms with Crippen molar-refractivity contribution < 1.29 is 0 Å². The predicted octanol–water partition coefficient (Wildman–Crippen LogP) is 3.87. The standard InChI is InChI=1S/C12H11P.C7H5N/c1-3-7-11(8-4-1)13-12-9-5-2-6-10-12;8-6-7-4-2-1-3-5-7/h1-10,13H;1-5H. The molecule has 0 aromatic heterocycles. The lowest BCUT2D eigenvalue weighted by Gasteiger charge is -2.00. The second-order valence-corrected chi connectivity index (χ2v) is 5.74. The highest BCUT2D eigenvalue weighted by Gasteiger charge is 1.92. The Morgan fingerprint density at radius 2 is 0.952 bits per heavy atom. The van der Waals surface area contributed by atoms with Crippen LogP contribution in [0.4, 0.5) is 0 Å². The van der Waals surface area contributed by atoms with E-state index in [2.05, 4.69) is 60.7 Å². The van der Waals surface area contributed by atoms with E-state index in [4.69, 9.17) is 5.26 Å². The van der Waals surface area contributed by atoms with Crippen molar-refractivity contribution in [2.45, 2.75) is 0 Å². The first-order valence-electron chi connectivity index (χ1n) is 6.71. The minimum atomic E-state index is 0.715. The number of benzene rings is 3. The Labute approximate surface area is 127 Å². The van der Waals surface area contributed by atoms with Crippen molar-refractivity contribution in [2.24, 2.45) is 0 Å². The lowest BCUT2D eigenvalue weighted by atomic mass is 10.2. The van der Waals surface area contributed by atoms with Crippen LogP contribution in [-0.2, 0) is 0 Å². The summed E-state index contributed by atoms with van der Waals surface area (Å²) in [5.41, 5.74) is 0.715. The molecule has 21 heavy (non-hydrogen) atoms. The van der Waals surface area contributed by atoms with Crippen LogP contribution in [0.1, 0.15) is 5.56 Å². The fourth-order valence-corrected chi connectivity index (χ4v) is 2.77. The molecule has 0 saturated heterocycles. The van der Waals surface area contributed by atoms with E-state index in [9.17, 15) is 0 Å². The Hall–Kier alpha value is -2.42. The van der Waals surface area contributed by atoms with Crippen molar-refractivity contribution in [1.29, 1.82) is 5.26 Å². The molecule has 0 atom stereocenters. The first-order valence-corrected chi connectivity index (χ1v) is 7.71. The first-order chi connectivity index (χ1) is 10.4. The molecule has 0 amide bonds. The summed E-state index contributed by atoms with van der Waals surface area (Å²) < 4.78 is 0. The topological polar surface area (TPSA) is 23.8 Å². The molecule has 0 heterocycles. The molecule has 102 valence electrons. The molecular formula is C19H16NP. The van der Waals surface area contributed by atoms with Crippen LogP contribution in [0.2, 0.25) is 0 Å². The summed E-state index contributed by atoms with van der Waals surface area (Å²) in [5.74, 6) is 0. The smallest absolute Gasteiger partial charge is 0.0991 e. The number of hydrogen-bond donors (Lipinski definition) is 0. The molecule has 3 aromatic carbocycles. The van der Waals surface area contributed by atoms with Gasteiger partial charge in [-0.15, -0.1) is 0 Å². The van der Waals surface area contributed by atoms with Crippen molar-refractivity contribution in [2.75, 3.05) is 0 Å². The third kappa shape index (κ3) is 5.61. The van der Waals surface area contributed by atoms with Crippen LogP contribution in [0.25, 0.3) is 0 Å². The fourth-order valence-electron chi connectivity index (χ4n) is 1.72. The Kier molecular flexibility index (Phi) is 6.20. The molecule has 0 aliphatic rings. The van der Waals surface area contributed by atoms with Crippen LogP contribution in [0.15, 0.2) is 91.0 Å². The van der Waals surface area contributed by atoms with E-state index < -0.39 is 0 Å². The molecule has 0 aliphatic carbocycles. The van der Waals surface area contributed by atoms with E-state index in [0.29, 0.717) is 5.56 Å². The van der Waals surface area contributed by atoms with Gasteiger partial charge in [0.1, 0.15) is 0 Å². The maximum absolute atomic E-state index is 8.29. The van der Waals surface area contributed by atoms with Crippen molar-refractivity contribution in [3.8, 4) is 6.07 Å². The van der Waals surface area contributed by atoms with Gasteiger partial charge >= 0.3 is 0 Å². The summed E-state index contributed by atoms with van der Waals surface area (Å²) in [5, 5.41) is 11.1. The minimum absolute atomic E-state index is 0.715. The van der Waals surface area contributed by atoms with Crippen LogP contribution in [0.3, 0.4) is 0 Å². The van der Waals surface area contributed by atoms with E-state index in [1.807, 2.05) is 24.3 Å². The third-order valence-electron chi connectivity index (χ3n) is 2.74. The highest BCUT2D eigenvalue weighted by atomic mass is 31.1. The Balaban J connectivity index is 0.000000173. The first kappa shape index (κ1) is 15.0. The number of nitriles is 1. The maximum Gasteiger partial charge on any atom is 0.0991 e. The summed E-state index contributed by atoms with van der Waals surface area (Å²) in [6.45, 7) is 0. The van der Waals surface area contributed by atoms with Gasteiger partial charge in [0.2, 0.25) is 0 Å². The lowest BCUT2D eigenvalue weighted by molar-refractivity contribution is 1.49. The van der Waals surface area contributed by atoms with E-state index in [1.54, 1.807) is 12.1 Å². The molecule has 1 nitrogen and oxygen atoms in total. The SMILES string of the molecule is N#Cc1ccccc1.c1ccc(Pc2ccccc2)cc1. The number of nitrogens with zero attached hydrogens (tertiary/aromatic N) is 1. The molecule has 0 unspecified atom stereocenters. The van der Waals surface area contributed by atoms with Crippen LogP contribution in [-0.4, -0.2) is 0 Å². The van der Waals surface area contributed by atoms with Gasteiger partial charge in [0.05, 0.1) is 11.6 Å². The Bertz CT molecular complexity index is 636. The van der Waals surface area contributed by atoms with Gasteiger partial charge in [-0.1, -0.05) is 87.4 Å². The van der Waals surface area contributed by atoms with Crippen LogP contribution < -0.4 is 10.6 Å². The van der Waals surface area contributed by atoms with Gasteiger partial charge in [-0.2, -0.15) is 5.26 Å². The predicted molar refractivity (Wildman–Crippen MR) is 91.6 cm³/mol. The Morgan fingerprint density at radius 3 is 1.29 bits per heavy atom. The zero-order valence-corrected chi connectivity index (χ0v) is 12.6. The highest BCUT2D eigenvalue weighted by Crippen LogP contribution is 2.08. The zero-order valence-electron chi connectivity index (χ0n) is 11.6. The molecule has 0 bridgehead atoms. The third-order valence-corrected chi connectivity index (χ3v) is 3.98. The van der Waals surface area contributed by atoms with E-state index in [1.165, 1.54) is 10.6 Å². The molecule has 3 aromatic rings. The van der Waals surface area contributed by atoms with Crippen molar-refractivity contribution in [3.05, 3.63) is 96.6 Å². The normalized spacial score (nSPS) is 9.10. The molecule has 3 rings (SSSR count). The largest absolute Gasteiger partial charge is 0.192 e. The monoisotopic (exact) mass is 289 g/mol. The average molecular weight is 289 g/mol. The zero-order chi connectivity index (χ0) is 14.8. The van der Waals surface area contributed by atoms with Gasteiger partial charge in [-0.05, 0) is 22.7 Å². The molecule has 0 radical (unpaired) electrons. The Morgan fingerprint density at radius 1 is 0.571 bits per heavy atom. The average Bonchev–Trinajstić information content (AvgIpc) is 2.58. The van der Waals surface area contributed by atoms with E-state index in [-0.39, 0.29) is 0 Å². The van der Waals surface area contributed by atoms with Crippen molar-refractivity contribution >= 4 is 19.2 Å². The van der Waals surface area contributed by atoms with Gasteiger partial charge in [-0.3, -0.25) is 0 Å². The summed E-state index contributed by atoms with van der Waals surface area (Å²) in [4.78, 5) is 0. The van der Waals surface area contributed by atoms with Gasteiger partial charge in [0, 0.05) is 0 Å². The molecule has 0 saturated carbocycles. The highest BCUT2D eigenvalue weighted by molar-refractivity contribution is 7.55. The summed E-state index contributed by atoms with van der Waals surface area (Å²) >= 11 is 0. The van der Waals surface area contributed by atoms with Gasteiger partial charge in [0.25, 0.3) is 0 Å². The van der Waals surface area contributed by atoms with Crippen molar-refractivity contribution in [1.82, 2.24) is 0 Å². The van der Waals surface area contributed by atoms with Crippen LogP contribution in [0.5, 0.6) is 0 Å². The maximum atomic E-state index is 8.29. The number of rotatable bonds is 2. The molecule has 0 fully saturated rings. The molecule has 0 N–H and O–H groups in total. The van der Waals surface area contributed by atoms with Gasteiger partial charge < -0.3 is 0 Å². The lowest BCUT2D eigenvalue weighted by Crippen LogP contribution is -2.01. The van der Waals surface area contributed by atoms with E-state index >= 15 is 0 Å². The summed E-state index contributed by atoms with van der Waals surface area (Å²) in [7, 11) is 0.777. The second-order valence-electron chi connectivity index (χ2n) is 4.33. The molecule has 0 aliphatic heterocycles. The van der Waals surface area contributed by atoms with Crippen LogP contribution >= 0.6 is 8.58 Å². The molecule has 0 spiro atoms. The fraction of sp³-hybridized carbons (Fsp3) is 0. The van der Waals surface area contributed by atoms with Crippen LogP contribution in [0, 0.1) is 11.3 Å². The quantitative estimate of drug-likeness (QED) is 0.657. The summed E-state index contributed by atoms with van der Waals surface area (Å²) in [6, 6.07) is 32.3.